The second kappa shape index (κ2) is 6.57. The van der Waals surface area contributed by atoms with Crippen LogP contribution in [0.1, 0.15) is 29.7 Å². The molecule has 1 aliphatic carbocycles. The van der Waals surface area contributed by atoms with Gasteiger partial charge in [-0.1, -0.05) is 24.3 Å². The van der Waals surface area contributed by atoms with E-state index in [1.807, 2.05) is 24.3 Å². The van der Waals surface area contributed by atoms with Crippen molar-refractivity contribution in [1.29, 1.82) is 0 Å². The van der Waals surface area contributed by atoms with Gasteiger partial charge in [0.2, 0.25) is 5.91 Å². The number of amides is 4. The molecule has 4 rings (SSSR count). The van der Waals surface area contributed by atoms with Crippen molar-refractivity contribution in [2.45, 2.75) is 31.3 Å². The standard InChI is InChI=1S/C20H21N3O4/c1-22(12-15-8-5-11-27-15)17(24)13-23-18(25)20(21-19(23)26)10-4-7-14-6-2-3-9-16(14)20/h2-3,5-6,8-9,11H,4,7,10,12-13H2,1H3,(H,21,26). The molecule has 1 spiro atoms. The van der Waals surface area contributed by atoms with E-state index >= 15 is 0 Å². The van der Waals surface area contributed by atoms with Crippen LogP contribution in [0, 0.1) is 0 Å². The maximum Gasteiger partial charge on any atom is 0.325 e. The molecule has 4 amide bonds. The molecule has 27 heavy (non-hydrogen) atoms. The molecule has 1 atom stereocenters. The maximum atomic E-state index is 13.2. The summed E-state index contributed by atoms with van der Waals surface area (Å²) in [7, 11) is 1.62. The first-order valence-corrected chi connectivity index (χ1v) is 9.00. The van der Waals surface area contributed by atoms with Crippen LogP contribution in [-0.4, -0.2) is 41.2 Å². The van der Waals surface area contributed by atoms with E-state index in [0.717, 1.165) is 28.9 Å². The number of likely N-dealkylation sites (N-methyl/N-ethyl adjacent to an activating group) is 1. The van der Waals surface area contributed by atoms with E-state index < -0.39 is 11.6 Å². The van der Waals surface area contributed by atoms with E-state index in [2.05, 4.69) is 5.32 Å². The lowest BCUT2D eigenvalue weighted by Crippen LogP contribution is -2.47. The van der Waals surface area contributed by atoms with E-state index in [0.29, 0.717) is 12.2 Å². The Morgan fingerprint density at radius 1 is 1.26 bits per heavy atom. The third-order valence-electron chi connectivity index (χ3n) is 5.34. The number of aryl methyl sites for hydroxylation is 1. The number of nitrogens with zero attached hydrogens (tertiary/aromatic N) is 2. The van der Waals surface area contributed by atoms with Crippen molar-refractivity contribution in [2.24, 2.45) is 0 Å². The summed E-state index contributed by atoms with van der Waals surface area (Å²) in [4.78, 5) is 40.7. The number of fused-ring (bicyclic) bond motifs is 2. The van der Waals surface area contributed by atoms with Crippen molar-refractivity contribution >= 4 is 17.8 Å². The number of carbonyl (C=O) groups is 3. The normalized spacial score (nSPS) is 21.3. The summed E-state index contributed by atoms with van der Waals surface area (Å²) in [6.07, 6.45) is 3.77. The van der Waals surface area contributed by atoms with Crippen LogP contribution in [0.25, 0.3) is 0 Å². The lowest BCUT2D eigenvalue weighted by atomic mass is 9.76. The van der Waals surface area contributed by atoms with Gasteiger partial charge in [0.15, 0.2) is 0 Å². The fourth-order valence-corrected chi connectivity index (χ4v) is 3.94. The molecule has 140 valence electrons. The molecule has 2 heterocycles. The SMILES string of the molecule is CN(Cc1ccco1)C(=O)CN1C(=O)NC2(CCCc3ccccc32)C1=O. The molecule has 1 aromatic carbocycles. The number of furan rings is 1. The van der Waals surface area contributed by atoms with Crippen LogP contribution in [0.2, 0.25) is 0 Å². The molecular weight excluding hydrogens is 346 g/mol. The van der Waals surface area contributed by atoms with Crippen molar-refractivity contribution in [3.05, 3.63) is 59.5 Å². The van der Waals surface area contributed by atoms with Crippen molar-refractivity contribution in [3.8, 4) is 0 Å². The molecule has 7 nitrogen and oxygen atoms in total. The van der Waals surface area contributed by atoms with Crippen LogP contribution in [0.15, 0.2) is 47.1 Å². The van der Waals surface area contributed by atoms with Gasteiger partial charge in [-0.3, -0.25) is 14.5 Å². The van der Waals surface area contributed by atoms with Gasteiger partial charge < -0.3 is 14.6 Å². The Hall–Kier alpha value is -3.09. The minimum absolute atomic E-state index is 0.281. The van der Waals surface area contributed by atoms with E-state index in [4.69, 9.17) is 4.42 Å². The quantitative estimate of drug-likeness (QED) is 0.838. The highest BCUT2D eigenvalue weighted by molar-refractivity contribution is 6.09. The second-order valence-electron chi connectivity index (χ2n) is 7.07. The number of rotatable bonds is 4. The third kappa shape index (κ3) is 2.89. The van der Waals surface area contributed by atoms with Gasteiger partial charge in [0.1, 0.15) is 17.8 Å². The molecule has 1 N–H and O–H groups in total. The van der Waals surface area contributed by atoms with E-state index in [-0.39, 0.29) is 24.9 Å². The van der Waals surface area contributed by atoms with Crippen LogP contribution in [0.3, 0.4) is 0 Å². The van der Waals surface area contributed by atoms with E-state index in [1.54, 1.807) is 19.2 Å². The van der Waals surface area contributed by atoms with Gasteiger partial charge in [-0.15, -0.1) is 0 Å². The monoisotopic (exact) mass is 367 g/mol. The van der Waals surface area contributed by atoms with Crippen LogP contribution >= 0.6 is 0 Å². The number of benzene rings is 1. The van der Waals surface area contributed by atoms with E-state index in [9.17, 15) is 14.4 Å². The maximum absolute atomic E-state index is 13.2. The van der Waals surface area contributed by atoms with Crippen LogP contribution in [0.5, 0.6) is 0 Å². The highest BCUT2D eigenvalue weighted by Crippen LogP contribution is 2.39. The third-order valence-corrected chi connectivity index (χ3v) is 5.34. The Bertz CT molecular complexity index is 892. The van der Waals surface area contributed by atoms with Gasteiger partial charge in [0, 0.05) is 7.05 Å². The predicted octanol–water partition coefficient (Wildman–Crippen LogP) is 2.02. The Morgan fingerprint density at radius 3 is 2.85 bits per heavy atom. The number of nitrogens with one attached hydrogen (secondary N) is 1. The fraction of sp³-hybridized carbons (Fsp3) is 0.350. The highest BCUT2D eigenvalue weighted by atomic mass is 16.3. The minimum Gasteiger partial charge on any atom is -0.467 e. The molecule has 1 aliphatic heterocycles. The van der Waals surface area contributed by atoms with Crippen LogP contribution in [0.4, 0.5) is 4.79 Å². The lowest BCUT2D eigenvalue weighted by molar-refractivity contribution is -0.139. The van der Waals surface area contributed by atoms with Gasteiger partial charge in [0.25, 0.3) is 5.91 Å². The Morgan fingerprint density at radius 2 is 2.07 bits per heavy atom. The zero-order valence-corrected chi connectivity index (χ0v) is 15.1. The smallest absolute Gasteiger partial charge is 0.325 e. The molecule has 1 aromatic heterocycles. The molecule has 0 saturated carbocycles. The van der Waals surface area contributed by atoms with Crippen LogP contribution < -0.4 is 5.32 Å². The zero-order chi connectivity index (χ0) is 19.0. The Kier molecular flexibility index (Phi) is 4.22. The molecule has 1 unspecified atom stereocenters. The minimum atomic E-state index is -1.05. The first-order valence-electron chi connectivity index (χ1n) is 9.00. The van der Waals surface area contributed by atoms with Gasteiger partial charge in [-0.05, 0) is 42.5 Å². The Labute approximate surface area is 156 Å². The van der Waals surface area contributed by atoms with Crippen molar-refractivity contribution < 1.29 is 18.8 Å². The first-order chi connectivity index (χ1) is 13.0. The van der Waals surface area contributed by atoms with Crippen molar-refractivity contribution in [1.82, 2.24) is 15.1 Å². The van der Waals surface area contributed by atoms with Crippen LogP contribution in [-0.2, 0) is 28.1 Å². The predicted molar refractivity (Wildman–Crippen MR) is 96.5 cm³/mol. The lowest BCUT2D eigenvalue weighted by Gasteiger charge is -2.33. The molecule has 1 fully saturated rings. The molecule has 2 aliphatic rings. The molecule has 7 heteroatoms. The van der Waals surface area contributed by atoms with Crippen molar-refractivity contribution in [3.63, 3.8) is 0 Å². The molecular formula is C20H21N3O4. The molecule has 0 bridgehead atoms. The van der Waals surface area contributed by atoms with E-state index in [1.165, 1.54) is 11.2 Å². The summed E-state index contributed by atoms with van der Waals surface area (Å²) >= 11 is 0. The fourth-order valence-electron chi connectivity index (χ4n) is 3.94. The summed E-state index contributed by atoms with van der Waals surface area (Å²) in [6.45, 7) is -0.00471. The number of hydrogen-bond acceptors (Lipinski definition) is 4. The van der Waals surface area contributed by atoms with Gasteiger partial charge in [0.05, 0.1) is 12.8 Å². The molecule has 2 aromatic rings. The van der Waals surface area contributed by atoms with Gasteiger partial charge in [-0.25, -0.2) is 4.79 Å². The largest absolute Gasteiger partial charge is 0.467 e. The summed E-state index contributed by atoms with van der Waals surface area (Å²) in [6, 6.07) is 10.7. The summed E-state index contributed by atoms with van der Waals surface area (Å²) in [5, 5.41) is 2.86. The Balaban J connectivity index is 1.53. The number of carbonyl (C=O) groups excluding carboxylic acids is 3. The van der Waals surface area contributed by atoms with Crippen molar-refractivity contribution in [2.75, 3.05) is 13.6 Å². The number of imide groups is 1. The second-order valence-corrected chi connectivity index (χ2v) is 7.07. The molecule has 0 radical (unpaired) electrons. The number of hydrogen-bond donors (Lipinski definition) is 1. The average Bonchev–Trinajstić information content (AvgIpc) is 3.25. The first kappa shape index (κ1) is 17.3. The topological polar surface area (TPSA) is 82.9 Å². The van der Waals surface area contributed by atoms with Gasteiger partial charge in [-0.2, -0.15) is 0 Å². The summed E-state index contributed by atoms with van der Waals surface area (Å²) in [5.74, 6) is -0.0313. The summed E-state index contributed by atoms with van der Waals surface area (Å²) < 4.78 is 5.24. The summed E-state index contributed by atoms with van der Waals surface area (Å²) in [5.41, 5.74) is 0.861. The van der Waals surface area contributed by atoms with Gasteiger partial charge >= 0.3 is 6.03 Å². The highest BCUT2D eigenvalue weighted by Gasteiger charge is 2.54. The average molecular weight is 367 g/mol. The zero-order valence-electron chi connectivity index (χ0n) is 15.1. The molecule has 1 saturated heterocycles. The number of urea groups is 1.